The Labute approximate surface area is 194 Å². The van der Waals surface area contributed by atoms with E-state index in [-0.39, 0.29) is 13.1 Å². The summed E-state index contributed by atoms with van der Waals surface area (Å²) in [5.74, 6) is -3.63. The maximum absolute atomic E-state index is 13.0. The molecule has 0 saturated carbocycles. The monoisotopic (exact) mass is 497 g/mol. The summed E-state index contributed by atoms with van der Waals surface area (Å²) in [5, 5.41) is 5.19. The quantitative estimate of drug-likeness (QED) is 0.231. The van der Waals surface area contributed by atoms with E-state index in [0.717, 1.165) is 0 Å². The standard InChI is InChI=1S/C19H23N5O9S/c1-3-22-9-10-23(18(28)17(22)27)19(29)21-14(12-7-5-4-6-8-12)15(25)20-13-11(2)24(16(13)26)33-34(30,31)32/h4-8,11,13-14H,3,9-10H2,1-2H3,(H,20,25)(H,21,29)(H,30,31,32)/t11-,13-,14?/m0/s1. The minimum absolute atomic E-state index is 0.0621. The summed E-state index contributed by atoms with van der Waals surface area (Å²) >= 11 is 0. The van der Waals surface area contributed by atoms with Crippen molar-refractivity contribution < 1.29 is 41.2 Å². The number of benzene rings is 1. The zero-order valence-corrected chi connectivity index (χ0v) is 19.0. The fourth-order valence-electron chi connectivity index (χ4n) is 3.54. The van der Waals surface area contributed by atoms with Crippen LogP contribution in [0.2, 0.25) is 0 Å². The Kier molecular flexibility index (Phi) is 7.18. The topological polar surface area (TPSA) is 183 Å². The lowest BCUT2D eigenvalue weighted by molar-refractivity contribution is -0.196. The molecule has 3 atom stereocenters. The maximum Gasteiger partial charge on any atom is 0.418 e. The summed E-state index contributed by atoms with van der Waals surface area (Å²) in [4.78, 5) is 64.4. The molecule has 2 heterocycles. The highest BCUT2D eigenvalue weighted by Crippen LogP contribution is 2.23. The van der Waals surface area contributed by atoms with Crippen molar-refractivity contribution in [1.82, 2.24) is 25.5 Å². The van der Waals surface area contributed by atoms with Crippen LogP contribution >= 0.6 is 0 Å². The molecular formula is C19H23N5O9S. The van der Waals surface area contributed by atoms with Crippen molar-refractivity contribution in [3.8, 4) is 0 Å². The van der Waals surface area contributed by atoms with E-state index in [1.807, 2.05) is 0 Å². The molecule has 0 aliphatic carbocycles. The Balaban J connectivity index is 1.74. The van der Waals surface area contributed by atoms with E-state index in [0.29, 0.717) is 22.1 Å². The molecule has 0 bridgehead atoms. The normalized spacial score (nSPS) is 21.7. The van der Waals surface area contributed by atoms with E-state index in [1.165, 1.54) is 24.0 Å². The lowest BCUT2D eigenvalue weighted by atomic mass is 9.98. The maximum atomic E-state index is 13.0. The molecule has 0 aromatic heterocycles. The van der Waals surface area contributed by atoms with Crippen LogP contribution in [0, 0.1) is 0 Å². The van der Waals surface area contributed by atoms with Gasteiger partial charge in [-0.3, -0.25) is 28.6 Å². The molecule has 2 fully saturated rings. The van der Waals surface area contributed by atoms with Crippen LogP contribution in [0.5, 0.6) is 0 Å². The molecule has 1 unspecified atom stereocenters. The van der Waals surface area contributed by atoms with Gasteiger partial charge in [-0.25, -0.2) is 4.79 Å². The van der Waals surface area contributed by atoms with Crippen LogP contribution in [0.4, 0.5) is 4.79 Å². The van der Waals surface area contributed by atoms with Crippen molar-refractivity contribution in [3.63, 3.8) is 0 Å². The molecule has 1 aromatic carbocycles. The number of hydrogen-bond acceptors (Lipinski definition) is 8. The highest BCUT2D eigenvalue weighted by atomic mass is 32.3. The molecule has 184 valence electrons. The molecule has 15 heteroatoms. The van der Waals surface area contributed by atoms with E-state index in [1.54, 1.807) is 25.1 Å². The van der Waals surface area contributed by atoms with Crippen molar-refractivity contribution >= 4 is 40.1 Å². The molecule has 0 radical (unpaired) electrons. The predicted octanol–water partition coefficient (Wildman–Crippen LogP) is -1.42. The second-order valence-corrected chi connectivity index (χ2v) is 8.53. The van der Waals surface area contributed by atoms with Gasteiger partial charge in [-0.1, -0.05) is 30.3 Å². The minimum Gasteiger partial charge on any atom is -0.340 e. The van der Waals surface area contributed by atoms with Crippen molar-refractivity contribution in [2.24, 2.45) is 0 Å². The number of hydrogen-bond donors (Lipinski definition) is 3. The molecule has 6 amide bonds. The van der Waals surface area contributed by atoms with Gasteiger partial charge in [0.15, 0.2) is 0 Å². The molecule has 2 aliphatic heterocycles. The lowest BCUT2D eigenvalue weighted by Gasteiger charge is -2.42. The first kappa shape index (κ1) is 25.1. The van der Waals surface area contributed by atoms with Gasteiger partial charge in [0.05, 0.1) is 6.04 Å². The van der Waals surface area contributed by atoms with Gasteiger partial charge in [0.25, 0.3) is 5.91 Å². The average molecular weight is 497 g/mol. The number of hydroxylamine groups is 2. The molecule has 2 aliphatic rings. The van der Waals surface area contributed by atoms with Gasteiger partial charge in [-0.2, -0.15) is 13.5 Å². The fourth-order valence-corrected chi connectivity index (χ4v) is 3.95. The summed E-state index contributed by atoms with van der Waals surface area (Å²) in [6.45, 7) is 3.45. The van der Waals surface area contributed by atoms with Gasteiger partial charge in [0, 0.05) is 19.6 Å². The van der Waals surface area contributed by atoms with Crippen LogP contribution in [0.15, 0.2) is 30.3 Å². The molecule has 0 spiro atoms. The molecule has 1 aromatic rings. The summed E-state index contributed by atoms with van der Waals surface area (Å²) in [6.07, 6.45) is 0. The molecule has 34 heavy (non-hydrogen) atoms. The van der Waals surface area contributed by atoms with Gasteiger partial charge in [0.1, 0.15) is 12.1 Å². The highest BCUT2D eigenvalue weighted by molar-refractivity contribution is 7.80. The van der Waals surface area contributed by atoms with Crippen LogP contribution in [-0.2, 0) is 33.9 Å². The highest BCUT2D eigenvalue weighted by Gasteiger charge is 2.49. The molecule has 3 N–H and O–H groups in total. The third-order valence-corrected chi connectivity index (χ3v) is 5.76. The number of carbonyl (C=O) groups is 5. The first-order valence-corrected chi connectivity index (χ1v) is 11.6. The Morgan fingerprint density at radius 3 is 2.35 bits per heavy atom. The average Bonchev–Trinajstić information content (AvgIpc) is 2.80. The number of nitrogens with one attached hydrogen (secondary N) is 2. The number of β-lactam (4-membered cyclic amide) rings is 1. The summed E-state index contributed by atoms with van der Waals surface area (Å²) < 4.78 is 34.6. The number of carbonyl (C=O) groups excluding carboxylic acids is 5. The predicted molar refractivity (Wildman–Crippen MR) is 113 cm³/mol. The number of urea groups is 1. The second kappa shape index (κ2) is 9.74. The number of imide groups is 1. The Hall–Kier alpha value is -3.56. The van der Waals surface area contributed by atoms with Crippen molar-refractivity contribution in [2.45, 2.75) is 32.0 Å². The SMILES string of the molecule is CCN1CCN(C(=O)NC(C(=O)N[C@@H]2C(=O)N(OS(=O)(=O)O)[C@H]2C)c2ccccc2)C(=O)C1=O. The first-order valence-electron chi connectivity index (χ1n) is 10.2. The van der Waals surface area contributed by atoms with Crippen LogP contribution in [-0.4, -0.2) is 89.2 Å². The van der Waals surface area contributed by atoms with Crippen LogP contribution in [0.3, 0.4) is 0 Å². The summed E-state index contributed by atoms with van der Waals surface area (Å²) in [5.41, 5.74) is 0.324. The van der Waals surface area contributed by atoms with E-state index < -0.39 is 58.2 Å². The number of rotatable bonds is 7. The third kappa shape index (κ3) is 5.16. The second-order valence-electron chi connectivity index (χ2n) is 7.53. The minimum atomic E-state index is -4.94. The van der Waals surface area contributed by atoms with E-state index >= 15 is 0 Å². The van der Waals surface area contributed by atoms with Crippen LogP contribution in [0.25, 0.3) is 0 Å². The lowest BCUT2D eigenvalue weighted by Crippen LogP contribution is -2.70. The zero-order valence-electron chi connectivity index (χ0n) is 18.2. The fraction of sp³-hybridized carbons (Fsp3) is 0.421. The Bertz CT molecular complexity index is 1110. The number of nitrogens with zero attached hydrogens (tertiary/aromatic N) is 3. The van der Waals surface area contributed by atoms with Gasteiger partial charge < -0.3 is 15.5 Å². The molecule has 14 nitrogen and oxygen atoms in total. The van der Waals surface area contributed by atoms with Crippen molar-refractivity contribution in [2.75, 3.05) is 19.6 Å². The number of piperazine rings is 1. The summed E-state index contributed by atoms with van der Waals surface area (Å²) in [7, 11) is -4.94. The van der Waals surface area contributed by atoms with Gasteiger partial charge in [-0.05, 0) is 19.4 Å². The van der Waals surface area contributed by atoms with Crippen molar-refractivity contribution in [3.05, 3.63) is 35.9 Å². The Morgan fingerprint density at radius 1 is 1.15 bits per heavy atom. The molecular weight excluding hydrogens is 474 g/mol. The number of likely N-dealkylation sites (N-methyl/N-ethyl adjacent to an activating group) is 1. The number of amides is 6. The van der Waals surface area contributed by atoms with E-state index in [2.05, 4.69) is 14.9 Å². The van der Waals surface area contributed by atoms with E-state index in [9.17, 15) is 32.4 Å². The van der Waals surface area contributed by atoms with E-state index in [4.69, 9.17) is 4.55 Å². The first-order chi connectivity index (χ1) is 15.9. The van der Waals surface area contributed by atoms with Gasteiger partial charge in [-0.15, -0.1) is 4.28 Å². The molecule has 2 saturated heterocycles. The molecule has 3 rings (SSSR count). The van der Waals surface area contributed by atoms with Crippen molar-refractivity contribution in [1.29, 1.82) is 0 Å². The largest absolute Gasteiger partial charge is 0.418 e. The summed E-state index contributed by atoms with van der Waals surface area (Å²) in [6, 6.07) is 3.48. The van der Waals surface area contributed by atoms with Crippen LogP contribution in [0.1, 0.15) is 25.5 Å². The smallest absolute Gasteiger partial charge is 0.340 e. The third-order valence-electron chi connectivity index (χ3n) is 5.41. The van der Waals surface area contributed by atoms with Gasteiger partial charge in [0.2, 0.25) is 5.91 Å². The van der Waals surface area contributed by atoms with Crippen LogP contribution < -0.4 is 10.6 Å². The Morgan fingerprint density at radius 2 is 1.79 bits per heavy atom. The van der Waals surface area contributed by atoms with Gasteiger partial charge >= 0.3 is 28.2 Å². The zero-order chi connectivity index (χ0) is 25.2.